The van der Waals surface area contributed by atoms with Crippen LogP contribution in [0.3, 0.4) is 0 Å². The molecule has 2 aliphatic rings. The van der Waals surface area contributed by atoms with Crippen molar-refractivity contribution in [3.8, 4) is 0 Å². The predicted octanol–water partition coefficient (Wildman–Crippen LogP) is 3.00. The van der Waals surface area contributed by atoms with Gasteiger partial charge in [0.2, 0.25) is 11.9 Å². The molecule has 1 aliphatic carbocycles. The Labute approximate surface area is 145 Å². The summed E-state index contributed by atoms with van der Waals surface area (Å²) in [6, 6.07) is 7.86. The largest absolute Gasteiger partial charge is 0.369 e. The Morgan fingerprint density at radius 3 is 2.71 bits per heavy atom. The number of anilines is 1. The van der Waals surface area contributed by atoms with E-state index in [1.54, 1.807) is 6.20 Å². The molecule has 6 nitrogen and oxygen atoms in total. The second-order valence-corrected chi connectivity index (χ2v) is 6.76. The molecule has 4 N–H and O–H groups in total. The van der Waals surface area contributed by atoms with Crippen molar-refractivity contribution >= 4 is 40.1 Å². The number of halogens is 1. The van der Waals surface area contributed by atoms with Gasteiger partial charge in [-0.3, -0.25) is 9.88 Å². The Morgan fingerprint density at radius 2 is 1.92 bits per heavy atom. The molecule has 1 aromatic heterocycles. The van der Waals surface area contributed by atoms with Crippen molar-refractivity contribution in [2.45, 2.75) is 37.8 Å². The Morgan fingerprint density at radius 1 is 1.12 bits per heavy atom. The fourth-order valence-electron chi connectivity index (χ4n) is 3.77. The normalized spacial score (nSPS) is 20.1. The van der Waals surface area contributed by atoms with Crippen LogP contribution in [0.15, 0.2) is 40.4 Å². The van der Waals surface area contributed by atoms with E-state index in [4.69, 9.17) is 28.1 Å². The van der Waals surface area contributed by atoms with E-state index in [2.05, 4.69) is 9.98 Å². The van der Waals surface area contributed by atoms with E-state index in [1.807, 2.05) is 29.2 Å². The average Bonchev–Trinajstić information content (AvgIpc) is 2.54. The second-order valence-electron chi connectivity index (χ2n) is 6.32. The first-order valence-corrected chi connectivity index (χ1v) is 8.51. The molecule has 124 valence electrons. The molecule has 24 heavy (non-hydrogen) atoms. The van der Waals surface area contributed by atoms with Crippen molar-refractivity contribution in [2.24, 2.45) is 21.5 Å². The minimum atomic E-state index is -0.468. The van der Waals surface area contributed by atoms with E-state index >= 15 is 0 Å². The van der Waals surface area contributed by atoms with Crippen LogP contribution in [-0.2, 0) is 0 Å². The highest BCUT2D eigenvalue weighted by Crippen LogP contribution is 2.41. The van der Waals surface area contributed by atoms with Gasteiger partial charge in [0.15, 0.2) is 0 Å². The monoisotopic (exact) mass is 342 g/mol. The Hall–Kier alpha value is -2.34. The number of para-hydroxylation sites is 1. The molecule has 0 unspecified atom stereocenters. The topological polar surface area (TPSA) is 92.9 Å². The number of fused-ring (bicyclic) bond motifs is 1. The summed E-state index contributed by atoms with van der Waals surface area (Å²) in [5.74, 6) is 0.621. The van der Waals surface area contributed by atoms with Crippen LogP contribution < -0.4 is 16.4 Å². The third kappa shape index (κ3) is 2.38. The van der Waals surface area contributed by atoms with Gasteiger partial charge in [-0.25, -0.2) is 4.99 Å². The van der Waals surface area contributed by atoms with Gasteiger partial charge in [0.1, 0.15) is 5.66 Å². The van der Waals surface area contributed by atoms with Gasteiger partial charge in [-0.05, 0) is 37.8 Å². The molecule has 1 spiro atoms. The maximum atomic E-state index is 6.29. The zero-order valence-electron chi connectivity index (χ0n) is 13.2. The fourth-order valence-corrected chi connectivity index (χ4v) is 3.93. The van der Waals surface area contributed by atoms with Crippen LogP contribution in [0.5, 0.6) is 0 Å². The number of nitrogens with zero attached hydrogens (tertiary/aromatic N) is 4. The van der Waals surface area contributed by atoms with Crippen molar-refractivity contribution in [1.82, 2.24) is 4.98 Å². The van der Waals surface area contributed by atoms with E-state index in [-0.39, 0.29) is 5.96 Å². The molecule has 0 atom stereocenters. The molecule has 0 radical (unpaired) electrons. The molecule has 1 saturated carbocycles. The van der Waals surface area contributed by atoms with Gasteiger partial charge in [0.05, 0.1) is 16.2 Å². The van der Waals surface area contributed by atoms with E-state index < -0.39 is 5.66 Å². The summed E-state index contributed by atoms with van der Waals surface area (Å²) < 4.78 is 0. The number of rotatable bonds is 1. The molecule has 0 amide bonds. The summed E-state index contributed by atoms with van der Waals surface area (Å²) in [7, 11) is 0. The number of aromatic nitrogens is 1. The number of nitrogens with two attached hydrogens (primary N) is 2. The molecule has 1 aliphatic heterocycles. The lowest BCUT2D eigenvalue weighted by atomic mass is 9.87. The van der Waals surface area contributed by atoms with E-state index in [0.717, 1.165) is 42.3 Å². The molecular formula is C17H19ClN6. The van der Waals surface area contributed by atoms with Gasteiger partial charge >= 0.3 is 0 Å². The maximum Gasteiger partial charge on any atom is 0.220 e. The molecule has 7 heteroatoms. The zero-order valence-corrected chi connectivity index (χ0v) is 14.0. The molecular weight excluding hydrogens is 324 g/mol. The SMILES string of the molecule is NC1=NC2(CCCCC2)N(c2cccc3cc(Cl)cnc23)C(N)=N1. The van der Waals surface area contributed by atoms with Crippen LogP contribution in [0.4, 0.5) is 5.69 Å². The van der Waals surface area contributed by atoms with Gasteiger partial charge in [-0.15, -0.1) is 0 Å². The summed E-state index contributed by atoms with van der Waals surface area (Å²) in [6.45, 7) is 0. The number of benzene rings is 1. The van der Waals surface area contributed by atoms with Crippen LogP contribution in [0.2, 0.25) is 5.02 Å². The first-order chi connectivity index (χ1) is 11.6. The van der Waals surface area contributed by atoms with E-state index in [0.29, 0.717) is 11.0 Å². The maximum absolute atomic E-state index is 6.29. The molecule has 1 aromatic carbocycles. The Kier molecular flexibility index (Phi) is 3.57. The highest BCUT2D eigenvalue weighted by molar-refractivity contribution is 6.31. The number of guanidine groups is 2. The van der Waals surface area contributed by atoms with Crippen molar-refractivity contribution in [3.05, 3.63) is 35.5 Å². The van der Waals surface area contributed by atoms with E-state index in [1.165, 1.54) is 6.42 Å². The number of hydrogen-bond acceptors (Lipinski definition) is 6. The fraction of sp³-hybridized carbons (Fsp3) is 0.353. The Balaban J connectivity index is 1.92. The zero-order chi connectivity index (χ0) is 16.7. The molecule has 0 saturated heterocycles. The van der Waals surface area contributed by atoms with Gasteiger partial charge in [-0.1, -0.05) is 30.2 Å². The first kappa shape index (κ1) is 15.2. The lowest BCUT2D eigenvalue weighted by molar-refractivity contribution is 0.306. The van der Waals surface area contributed by atoms with Crippen LogP contribution >= 0.6 is 11.6 Å². The highest BCUT2D eigenvalue weighted by atomic mass is 35.5. The number of pyridine rings is 1. The summed E-state index contributed by atoms with van der Waals surface area (Å²) >= 11 is 6.08. The van der Waals surface area contributed by atoms with Crippen LogP contribution in [0, 0.1) is 0 Å². The van der Waals surface area contributed by atoms with Crippen molar-refractivity contribution < 1.29 is 0 Å². The van der Waals surface area contributed by atoms with Gasteiger partial charge in [-0.2, -0.15) is 4.99 Å². The summed E-state index contributed by atoms with van der Waals surface area (Å²) in [4.78, 5) is 15.4. The molecule has 1 fully saturated rings. The lowest BCUT2D eigenvalue weighted by Gasteiger charge is -2.45. The van der Waals surface area contributed by atoms with E-state index in [9.17, 15) is 0 Å². The Bertz CT molecular complexity index is 853. The van der Waals surface area contributed by atoms with Gasteiger partial charge in [0.25, 0.3) is 0 Å². The third-order valence-corrected chi connectivity index (χ3v) is 4.96. The highest BCUT2D eigenvalue weighted by Gasteiger charge is 2.43. The lowest BCUT2D eigenvalue weighted by Crippen LogP contribution is -2.58. The molecule has 2 heterocycles. The minimum Gasteiger partial charge on any atom is -0.369 e. The standard InChI is InChI=1S/C17H19ClN6/c18-12-9-11-5-4-6-13(14(11)21-10-12)24-16(20)22-15(19)23-17(24)7-2-1-3-8-17/h4-6,9-10H,1-3,7-8H2,(H4,19,20,22,23). The molecule has 0 bridgehead atoms. The molecule has 4 rings (SSSR count). The number of aliphatic imine (C=N–C) groups is 2. The van der Waals surface area contributed by atoms with Crippen molar-refractivity contribution in [1.29, 1.82) is 0 Å². The third-order valence-electron chi connectivity index (χ3n) is 4.75. The molecule has 2 aromatic rings. The van der Waals surface area contributed by atoms with Crippen LogP contribution in [-0.4, -0.2) is 22.6 Å². The summed E-state index contributed by atoms with van der Waals surface area (Å²) in [5.41, 5.74) is 13.5. The summed E-state index contributed by atoms with van der Waals surface area (Å²) in [5, 5.41) is 1.57. The average molecular weight is 343 g/mol. The predicted molar refractivity (Wildman–Crippen MR) is 98.3 cm³/mol. The van der Waals surface area contributed by atoms with Gasteiger partial charge < -0.3 is 11.5 Å². The van der Waals surface area contributed by atoms with Crippen LogP contribution in [0.25, 0.3) is 10.9 Å². The number of hydrogen-bond donors (Lipinski definition) is 2. The quantitative estimate of drug-likeness (QED) is 0.833. The summed E-state index contributed by atoms with van der Waals surface area (Å²) in [6.07, 6.45) is 6.82. The minimum absolute atomic E-state index is 0.252. The second kappa shape index (κ2) is 5.63. The van der Waals surface area contributed by atoms with Gasteiger partial charge in [0, 0.05) is 11.6 Å². The smallest absolute Gasteiger partial charge is 0.220 e. The first-order valence-electron chi connectivity index (χ1n) is 8.13. The van der Waals surface area contributed by atoms with Crippen molar-refractivity contribution in [2.75, 3.05) is 4.90 Å². The van der Waals surface area contributed by atoms with Crippen molar-refractivity contribution in [3.63, 3.8) is 0 Å². The van der Waals surface area contributed by atoms with Crippen LogP contribution in [0.1, 0.15) is 32.1 Å².